The molecule has 2 amide bonds. The Morgan fingerprint density at radius 3 is 2.23 bits per heavy atom. The minimum Gasteiger partial charge on any atom is -0.481 e. The molecule has 0 radical (unpaired) electrons. The summed E-state index contributed by atoms with van der Waals surface area (Å²) in [7, 11) is 0. The highest BCUT2D eigenvalue weighted by Gasteiger charge is 2.48. The van der Waals surface area contributed by atoms with Crippen LogP contribution in [0.5, 0.6) is 0 Å². The van der Waals surface area contributed by atoms with Gasteiger partial charge in [0.15, 0.2) is 0 Å². The molecule has 0 saturated heterocycles. The van der Waals surface area contributed by atoms with Crippen molar-refractivity contribution in [3.8, 4) is 11.1 Å². The number of allylic oxidation sites excluding steroid dienone is 2. The first-order valence-corrected chi connectivity index (χ1v) is 11.4. The first-order valence-electron chi connectivity index (χ1n) is 10.6. The molecule has 6 nitrogen and oxygen atoms in total. The van der Waals surface area contributed by atoms with Gasteiger partial charge in [-0.15, -0.1) is 11.3 Å². The molecule has 1 aromatic heterocycles. The predicted octanol–water partition coefficient (Wildman–Crippen LogP) is 4.24. The van der Waals surface area contributed by atoms with E-state index in [1.165, 1.54) is 16.9 Å². The Labute approximate surface area is 185 Å². The SMILES string of the molecule is CCc1ccc(-c2c(C)sc(NC(=O)[C@H]3[C@@H](C(=O)O)[C@H]4C=C[C@H]3CC4)c2C(N)=O)cc1. The Hall–Kier alpha value is -2.93. The molecule has 162 valence electrons. The molecule has 2 bridgehead atoms. The standard InChI is InChI=1S/C24H26N2O4S/c1-3-13-4-6-14(7-5-13)17-12(2)31-23(20(17)21(25)27)26-22(28)18-15-8-10-16(11-9-15)19(18)24(29)30/h4-8,10,15-16,18-19H,3,9,11H2,1-2H3,(H2,25,27)(H,26,28)(H,29,30)/t15-,16-,18+,19-/m0/s1. The lowest BCUT2D eigenvalue weighted by Crippen LogP contribution is -2.47. The number of carbonyl (C=O) groups is 3. The minimum absolute atomic E-state index is 0.106. The van der Waals surface area contributed by atoms with E-state index in [1.54, 1.807) is 0 Å². The fraction of sp³-hybridized carbons (Fsp3) is 0.375. The fourth-order valence-corrected chi connectivity index (χ4v) is 6.09. The van der Waals surface area contributed by atoms with Gasteiger partial charge >= 0.3 is 5.97 Å². The number of primary amides is 1. The van der Waals surface area contributed by atoms with E-state index in [0.717, 1.165) is 35.3 Å². The number of thiophene rings is 1. The molecular weight excluding hydrogens is 412 g/mol. The molecule has 1 aromatic carbocycles. The fourth-order valence-electron chi connectivity index (χ4n) is 5.01. The normalized spacial score (nSPS) is 24.2. The lowest BCUT2D eigenvalue weighted by Gasteiger charge is -2.41. The van der Waals surface area contributed by atoms with Crippen molar-refractivity contribution >= 4 is 34.1 Å². The van der Waals surface area contributed by atoms with Gasteiger partial charge in [0.2, 0.25) is 5.91 Å². The van der Waals surface area contributed by atoms with Gasteiger partial charge < -0.3 is 16.2 Å². The van der Waals surface area contributed by atoms with Gasteiger partial charge in [-0.2, -0.15) is 0 Å². The lowest BCUT2D eigenvalue weighted by atomic mass is 9.62. The number of fused-ring (bicyclic) bond motifs is 2. The number of nitrogens with two attached hydrogens (primary N) is 1. The van der Waals surface area contributed by atoms with Crippen molar-refractivity contribution in [2.75, 3.05) is 5.32 Å². The van der Waals surface area contributed by atoms with E-state index >= 15 is 0 Å². The number of anilines is 1. The number of benzene rings is 1. The van der Waals surface area contributed by atoms with Crippen molar-refractivity contribution in [3.63, 3.8) is 0 Å². The summed E-state index contributed by atoms with van der Waals surface area (Å²) in [6, 6.07) is 7.94. The van der Waals surface area contributed by atoms with Crippen LogP contribution in [0, 0.1) is 30.6 Å². The molecule has 3 aliphatic carbocycles. The van der Waals surface area contributed by atoms with Gasteiger partial charge in [-0.1, -0.05) is 43.3 Å². The zero-order valence-corrected chi connectivity index (χ0v) is 18.4. The zero-order chi connectivity index (χ0) is 22.3. The summed E-state index contributed by atoms with van der Waals surface area (Å²) in [6.07, 6.45) is 6.39. The monoisotopic (exact) mass is 438 g/mol. The van der Waals surface area contributed by atoms with E-state index in [4.69, 9.17) is 5.73 Å². The second kappa shape index (κ2) is 8.30. The molecule has 1 saturated carbocycles. The summed E-state index contributed by atoms with van der Waals surface area (Å²) in [5, 5.41) is 13.0. The van der Waals surface area contributed by atoms with Gasteiger partial charge in [0.05, 0.1) is 17.4 Å². The predicted molar refractivity (Wildman–Crippen MR) is 121 cm³/mol. The van der Waals surface area contributed by atoms with Crippen LogP contribution in [0.15, 0.2) is 36.4 Å². The number of aliphatic carboxylic acids is 1. The summed E-state index contributed by atoms with van der Waals surface area (Å²) in [5.41, 5.74) is 8.77. The first kappa shape index (κ1) is 21.3. The molecule has 1 heterocycles. The van der Waals surface area contributed by atoms with Crippen molar-refractivity contribution in [3.05, 3.63) is 52.4 Å². The van der Waals surface area contributed by atoms with Crippen molar-refractivity contribution in [1.82, 2.24) is 0 Å². The molecule has 3 aliphatic rings. The molecule has 1 fully saturated rings. The zero-order valence-electron chi connectivity index (χ0n) is 17.6. The van der Waals surface area contributed by atoms with Crippen LogP contribution in [-0.4, -0.2) is 22.9 Å². The van der Waals surface area contributed by atoms with Crippen LogP contribution < -0.4 is 11.1 Å². The van der Waals surface area contributed by atoms with Crippen molar-refractivity contribution in [2.45, 2.75) is 33.1 Å². The maximum Gasteiger partial charge on any atom is 0.307 e. The maximum atomic E-state index is 13.2. The number of carboxylic acid groups (broad SMARTS) is 1. The van der Waals surface area contributed by atoms with Crippen LogP contribution in [-0.2, 0) is 16.0 Å². The highest BCUT2D eigenvalue weighted by Crippen LogP contribution is 2.46. The number of amides is 2. The summed E-state index contributed by atoms with van der Waals surface area (Å²) >= 11 is 1.30. The Balaban J connectivity index is 1.68. The number of hydrogen-bond donors (Lipinski definition) is 3. The highest BCUT2D eigenvalue weighted by molar-refractivity contribution is 7.17. The third-order valence-electron chi connectivity index (χ3n) is 6.55. The van der Waals surface area contributed by atoms with Crippen LogP contribution >= 0.6 is 11.3 Å². The number of carbonyl (C=O) groups excluding carboxylic acids is 2. The molecule has 2 aromatic rings. The Bertz CT molecular complexity index is 1070. The Kier molecular flexibility index (Phi) is 5.71. The number of aryl methyl sites for hydroxylation is 2. The molecule has 0 aliphatic heterocycles. The number of nitrogens with one attached hydrogen (secondary N) is 1. The summed E-state index contributed by atoms with van der Waals surface area (Å²) in [5.74, 6) is -3.57. The lowest BCUT2D eigenvalue weighted by molar-refractivity contribution is -0.151. The average molecular weight is 439 g/mol. The smallest absolute Gasteiger partial charge is 0.307 e. The molecule has 31 heavy (non-hydrogen) atoms. The molecule has 4 atom stereocenters. The molecule has 4 N–H and O–H groups in total. The van der Waals surface area contributed by atoms with E-state index in [1.807, 2.05) is 43.3 Å². The molecule has 0 spiro atoms. The van der Waals surface area contributed by atoms with Crippen LogP contribution in [0.1, 0.15) is 40.6 Å². The third kappa shape index (κ3) is 3.78. The van der Waals surface area contributed by atoms with Crippen LogP contribution in [0.3, 0.4) is 0 Å². The van der Waals surface area contributed by atoms with Gasteiger partial charge in [-0.25, -0.2) is 0 Å². The van der Waals surface area contributed by atoms with Gasteiger partial charge in [-0.05, 0) is 49.1 Å². The van der Waals surface area contributed by atoms with Crippen LogP contribution in [0.4, 0.5) is 5.00 Å². The topological polar surface area (TPSA) is 109 Å². The van der Waals surface area contributed by atoms with E-state index in [9.17, 15) is 19.5 Å². The Morgan fingerprint density at radius 1 is 1.10 bits per heavy atom. The van der Waals surface area contributed by atoms with Crippen LogP contribution in [0.2, 0.25) is 0 Å². The average Bonchev–Trinajstić information content (AvgIpc) is 3.09. The molecule has 0 unspecified atom stereocenters. The van der Waals surface area contributed by atoms with E-state index in [2.05, 4.69) is 12.2 Å². The second-order valence-electron chi connectivity index (χ2n) is 8.32. The van der Waals surface area contributed by atoms with Crippen molar-refractivity contribution in [1.29, 1.82) is 0 Å². The third-order valence-corrected chi connectivity index (χ3v) is 7.58. The van der Waals surface area contributed by atoms with E-state index < -0.39 is 23.7 Å². The highest BCUT2D eigenvalue weighted by atomic mass is 32.1. The van der Waals surface area contributed by atoms with Crippen molar-refractivity contribution in [2.24, 2.45) is 29.4 Å². The quantitative estimate of drug-likeness (QED) is 0.586. The van der Waals surface area contributed by atoms with Gasteiger partial charge in [0, 0.05) is 10.4 Å². The second-order valence-corrected chi connectivity index (χ2v) is 9.55. The minimum atomic E-state index is -0.951. The number of carboxylic acids is 1. The first-order chi connectivity index (χ1) is 14.8. The maximum absolute atomic E-state index is 13.2. The van der Waals surface area contributed by atoms with Crippen LogP contribution in [0.25, 0.3) is 11.1 Å². The number of rotatable bonds is 6. The van der Waals surface area contributed by atoms with E-state index in [0.29, 0.717) is 5.00 Å². The van der Waals surface area contributed by atoms with Crippen molar-refractivity contribution < 1.29 is 19.5 Å². The van der Waals surface area contributed by atoms with Gasteiger partial charge in [-0.3, -0.25) is 14.4 Å². The Morgan fingerprint density at radius 2 is 1.71 bits per heavy atom. The number of hydrogen-bond acceptors (Lipinski definition) is 4. The molecule has 7 heteroatoms. The molecular formula is C24H26N2O4S. The molecule has 5 rings (SSSR count). The summed E-state index contributed by atoms with van der Waals surface area (Å²) < 4.78 is 0. The van der Waals surface area contributed by atoms with Gasteiger partial charge in [0.1, 0.15) is 5.00 Å². The summed E-state index contributed by atoms with van der Waals surface area (Å²) in [6.45, 7) is 3.96. The van der Waals surface area contributed by atoms with Gasteiger partial charge in [0.25, 0.3) is 5.91 Å². The van der Waals surface area contributed by atoms with E-state index in [-0.39, 0.29) is 23.3 Å². The largest absolute Gasteiger partial charge is 0.481 e. The summed E-state index contributed by atoms with van der Waals surface area (Å²) in [4.78, 5) is 38.4.